The highest BCUT2D eigenvalue weighted by Gasteiger charge is 2.65. The maximum absolute atomic E-state index is 12.3. The minimum absolute atomic E-state index is 0.0526. The molecule has 1 saturated carbocycles. The highest BCUT2D eigenvalue weighted by atomic mass is 32.1. The Balaban J connectivity index is 2.10. The number of rotatable bonds is 2. The molecule has 1 aliphatic carbocycles. The fourth-order valence-electron chi connectivity index (χ4n) is 2.08. The molecule has 1 aliphatic rings. The van der Waals surface area contributed by atoms with Crippen molar-refractivity contribution in [3.63, 3.8) is 0 Å². The number of hydrogen-bond donors (Lipinski definition) is 1. The van der Waals surface area contributed by atoms with E-state index in [0.29, 0.717) is 0 Å². The second-order valence-electron chi connectivity index (χ2n) is 5.44. The number of aromatic nitrogens is 2. The van der Waals surface area contributed by atoms with E-state index in [0.717, 1.165) is 11.5 Å². The molecular formula is C10H14F3N3S. The average Bonchev–Trinajstić information content (AvgIpc) is 2.58. The molecule has 0 saturated heterocycles. The Morgan fingerprint density at radius 3 is 2.06 bits per heavy atom. The Labute approximate surface area is 102 Å². The van der Waals surface area contributed by atoms with Gasteiger partial charge in [-0.25, -0.2) is 0 Å². The van der Waals surface area contributed by atoms with Crippen LogP contribution >= 0.6 is 11.5 Å². The summed E-state index contributed by atoms with van der Waals surface area (Å²) < 4.78 is 40.2. The number of nitrogens with zero attached hydrogens (tertiary/aromatic N) is 2. The number of halogens is 3. The minimum Gasteiger partial charge on any atom is -0.356 e. The van der Waals surface area contributed by atoms with Crippen molar-refractivity contribution in [2.45, 2.75) is 39.9 Å². The van der Waals surface area contributed by atoms with Crippen molar-refractivity contribution in [3.8, 4) is 0 Å². The highest BCUT2D eigenvalue weighted by molar-refractivity contribution is 7.09. The zero-order valence-corrected chi connectivity index (χ0v) is 10.8. The lowest BCUT2D eigenvalue weighted by atomic mass is 10.0. The van der Waals surface area contributed by atoms with Gasteiger partial charge in [-0.3, -0.25) is 0 Å². The van der Waals surface area contributed by atoms with Gasteiger partial charge in [0.05, 0.1) is 0 Å². The molecule has 2 rings (SSSR count). The summed E-state index contributed by atoms with van der Waals surface area (Å²) in [5.41, 5.74) is 0.105. The van der Waals surface area contributed by atoms with Crippen molar-refractivity contribution in [3.05, 3.63) is 5.82 Å². The second kappa shape index (κ2) is 3.34. The molecule has 0 atom stereocenters. The van der Waals surface area contributed by atoms with Crippen molar-refractivity contribution in [1.29, 1.82) is 0 Å². The van der Waals surface area contributed by atoms with Crippen LogP contribution in [-0.4, -0.2) is 15.4 Å². The first-order valence-electron chi connectivity index (χ1n) is 5.24. The Morgan fingerprint density at radius 2 is 1.71 bits per heavy atom. The zero-order chi connectivity index (χ0) is 13.1. The largest absolute Gasteiger partial charge is 0.452 e. The second-order valence-corrected chi connectivity index (χ2v) is 6.19. The third-order valence-electron chi connectivity index (χ3n) is 3.97. The van der Waals surface area contributed by atoms with Gasteiger partial charge in [-0.2, -0.15) is 22.5 Å². The smallest absolute Gasteiger partial charge is 0.356 e. The zero-order valence-electron chi connectivity index (χ0n) is 10.0. The van der Waals surface area contributed by atoms with Crippen LogP contribution in [0.1, 0.15) is 33.5 Å². The topological polar surface area (TPSA) is 37.8 Å². The third-order valence-corrected chi connectivity index (χ3v) is 4.61. The first kappa shape index (κ1) is 12.6. The molecule has 1 aromatic rings. The minimum atomic E-state index is -4.47. The first-order valence-corrected chi connectivity index (χ1v) is 6.01. The van der Waals surface area contributed by atoms with Crippen molar-refractivity contribution in [2.24, 2.45) is 10.8 Å². The van der Waals surface area contributed by atoms with E-state index in [2.05, 4.69) is 42.4 Å². The van der Waals surface area contributed by atoms with Crippen LogP contribution in [0.25, 0.3) is 0 Å². The van der Waals surface area contributed by atoms with Gasteiger partial charge in [-0.15, -0.1) is 0 Å². The van der Waals surface area contributed by atoms with E-state index < -0.39 is 12.0 Å². The number of nitrogens with one attached hydrogen (secondary N) is 1. The van der Waals surface area contributed by atoms with Gasteiger partial charge in [0.1, 0.15) is 0 Å². The predicted octanol–water partition coefficient (Wildman–Crippen LogP) is 3.40. The molecular weight excluding hydrogens is 251 g/mol. The van der Waals surface area contributed by atoms with Gasteiger partial charge in [-0.1, -0.05) is 27.7 Å². The van der Waals surface area contributed by atoms with Crippen LogP contribution in [0.15, 0.2) is 0 Å². The monoisotopic (exact) mass is 265 g/mol. The van der Waals surface area contributed by atoms with Crippen LogP contribution in [-0.2, 0) is 6.18 Å². The molecule has 1 fully saturated rings. The van der Waals surface area contributed by atoms with Gasteiger partial charge in [0, 0.05) is 17.6 Å². The van der Waals surface area contributed by atoms with Crippen molar-refractivity contribution in [2.75, 3.05) is 5.32 Å². The lowest BCUT2D eigenvalue weighted by molar-refractivity contribution is -0.144. The van der Waals surface area contributed by atoms with Gasteiger partial charge in [0.25, 0.3) is 0 Å². The van der Waals surface area contributed by atoms with E-state index in [1.165, 1.54) is 0 Å². The molecule has 0 bridgehead atoms. The van der Waals surface area contributed by atoms with E-state index >= 15 is 0 Å². The summed E-state index contributed by atoms with van der Waals surface area (Å²) in [6, 6.07) is 0.129. The molecule has 0 aromatic carbocycles. The lowest BCUT2D eigenvalue weighted by Crippen LogP contribution is -2.11. The third kappa shape index (κ3) is 1.90. The van der Waals surface area contributed by atoms with Crippen LogP contribution in [0.3, 0.4) is 0 Å². The molecule has 17 heavy (non-hydrogen) atoms. The molecule has 1 heterocycles. The average molecular weight is 265 g/mol. The normalized spacial score (nSPS) is 22.5. The van der Waals surface area contributed by atoms with Crippen LogP contribution in [0, 0.1) is 10.8 Å². The number of alkyl halides is 3. The predicted molar refractivity (Wildman–Crippen MR) is 59.9 cm³/mol. The SMILES string of the molecule is CC1(C)C(Nc2nc(C(F)(F)F)ns2)C1(C)C. The lowest BCUT2D eigenvalue weighted by Gasteiger charge is -2.03. The summed E-state index contributed by atoms with van der Waals surface area (Å²) in [5, 5.41) is 3.27. The molecule has 0 spiro atoms. The Morgan fingerprint density at radius 1 is 1.18 bits per heavy atom. The van der Waals surface area contributed by atoms with E-state index in [9.17, 15) is 13.2 Å². The summed E-state index contributed by atoms with van der Waals surface area (Å²) in [4.78, 5) is 3.46. The fraction of sp³-hybridized carbons (Fsp3) is 0.800. The summed E-state index contributed by atoms with van der Waals surface area (Å²) in [6.07, 6.45) is -4.47. The Kier molecular flexibility index (Phi) is 2.47. The maximum Gasteiger partial charge on any atom is 0.452 e. The summed E-state index contributed by atoms with van der Waals surface area (Å²) >= 11 is 0.754. The summed E-state index contributed by atoms with van der Waals surface area (Å²) in [6.45, 7) is 8.32. The molecule has 7 heteroatoms. The van der Waals surface area contributed by atoms with Gasteiger partial charge < -0.3 is 5.32 Å². The Bertz CT molecular complexity index is 422. The van der Waals surface area contributed by atoms with Crippen molar-refractivity contribution in [1.82, 2.24) is 9.36 Å². The van der Waals surface area contributed by atoms with Gasteiger partial charge in [-0.05, 0) is 10.8 Å². The fourth-order valence-corrected chi connectivity index (χ4v) is 2.69. The molecule has 0 amide bonds. The standard InChI is InChI=1S/C10H14F3N3S/c1-8(2)5(9(8,3)4)14-7-15-6(16-17-7)10(11,12)13/h5H,1-4H3,(H,14,15,16). The molecule has 0 aliphatic heterocycles. The van der Waals surface area contributed by atoms with Crippen LogP contribution < -0.4 is 5.32 Å². The van der Waals surface area contributed by atoms with Crippen molar-refractivity contribution < 1.29 is 13.2 Å². The van der Waals surface area contributed by atoms with Crippen LogP contribution in [0.5, 0.6) is 0 Å². The van der Waals surface area contributed by atoms with E-state index in [1.54, 1.807) is 0 Å². The summed E-state index contributed by atoms with van der Waals surface area (Å²) in [7, 11) is 0. The van der Waals surface area contributed by atoms with Gasteiger partial charge >= 0.3 is 6.18 Å². The van der Waals surface area contributed by atoms with Gasteiger partial charge in [0.15, 0.2) is 0 Å². The number of hydrogen-bond acceptors (Lipinski definition) is 4. The van der Waals surface area contributed by atoms with Crippen LogP contribution in [0.2, 0.25) is 0 Å². The summed E-state index contributed by atoms with van der Waals surface area (Å²) in [5.74, 6) is -1.07. The van der Waals surface area contributed by atoms with Gasteiger partial charge in [0.2, 0.25) is 11.0 Å². The quantitative estimate of drug-likeness (QED) is 0.890. The number of anilines is 1. The highest BCUT2D eigenvalue weighted by Crippen LogP contribution is 2.63. The first-order chi connectivity index (χ1) is 7.57. The molecule has 0 unspecified atom stereocenters. The molecule has 3 nitrogen and oxygen atoms in total. The molecule has 0 radical (unpaired) electrons. The Hall–Kier alpha value is -0.850. The maximum atomic E-state index is 12.3. The van der Waals surface area contributed by atoms with E-state index in [-0.39, 0.29) is 22.0 Å². The van der Waals surface area contributed by atoms with E-state index in [1.807, 2.05) is 0 Å². The molecule has 96 valence electrons. The molecule has 1 aromatic heterocycles. The van der Waals surface area contributed by atoms with E-state index in [4.69, 9.17) is 0 Å². The molecule has 1 N–H and O–H groups in total. The van der Waals surface area contributed by atoms with Crippen molar-refractivity contribution >= 4 is 16.7 Å². The van der Waals surface area contributed by atoms with Crippen LogP contribution in [0.4, 0.5) is 18.3 Å².